The predicted octanol–water partition coefficient (Wildman–Crippen LogP) is 3.67. The second-order valence-corrected chi connectivity index (χ2v) is 5.98. The lowest BCUT2D eigenvalue weighted by molar-refractivity contribution is 0.340. The zero-order chi connectivity index (χ0) is 15.0. The molecule has 2 unspecified atom stereocenters. The summed E-state index contributed by atoms with van der Waals surface area (Å²) in [5.74, 6) is 3.45. The quantitative estimate of drug-likeness (QED) is 0.936. The average Bonchev–Trinajstić information content (AvgIpc) is 2.77. The van der Waals surface area contributed by atoms with Crippen LogP contribution in [0, 0.1) is 5.92 Å². The van der Waals surface area contributed by atoms with Crippen LogP contribution in [0.5, 0.6) is 5.75 Å². The Morgan fingerprint density at radius 1 is 1.29 bits per heavy atom. The van der Waals surface area contributed by atoms with Gasteiger partial charge in [-0.25, -0.2) is 4.98 Å². The maximum atomic E-state index is 6.36. The van der Waals surface area contributed by atoms with Crippen LogP contribution in [0.1, 0.15) is 39.1 Å². The van der Waals surface area contributed by atoms with Crippen LogP contribution in [0.2, 0.25) is 0 Å². The maximum Gasteiger partial charge on any atom is 0.131 e. The summed E-state index contributed by atoms with van der Waals surface area (Å²) < 4.78 is 7.68. The molecule has 1 aromatic heterocycles. The minimum Gasteiger partial charge on any atom is -0.494 e. The fraction of sp³-hybridized carbons (Fsp3) is 0.471. The molecule has 0 bridgehead atoms. The molecule has 0 aliphatic carbocycles. The molecule has 0 spiro atoms. The zero-order valence-electron chi connectivity index (χ0n) is 13.0. The van der Waals surface area contributed by atoms with Crippen molar-refractivity contribution in [1.29, 1.82) is 0 Å². The average molecular weight is 285 g/mol. The van der Waals surface area contributed by atoms with Crippen LogP contribution in [0.25, 0.3) is 11.3 Å². The van der Waals surface area contributed by atoms with Gasteiger partial charge in [0, 0.05) is 18.0 Å². The Labute approximate surface area is 125 Å². The number of nitrogen functional groups attached to an aromatic ring is 1. The van der Waals surface area contributed by atoms with Gasteiger partial charge in [-0.3, -0.25) is 0 Å². The summed E-state index contributed by atoms with van der Waals surface area (Å²) in [6.07, 6.45) is 2.17. The lowest BCUT2D eigenvalue weighted by Gasteiger charge is -2.27. The van der Waals surface area contributed by atoms with Crippen molar-refractivity contribution in [3.05, 3.63) is 30.1 Å². The molecule has 21 heavy (non-hydrogen) atoms. The summed E-state index contributed by atoms with van der Waals surface area (Å²) >= 11 is 0. The Bertz CT molecular complexity index is 630. The highest BCUT2D eigenvalue weighted by Crippen LogP contribution is 2.36. The van der Waals surface area contributed by atoms with Crippen LogP contribution >= 0.6 is 0 Å². The van der Waals surface area contributed by atoms with Crippen molar-refractivity contribution in [1.82, 2.24) is 9.55 Å². The first-order chi connectivity index (χ1) is 10.1. The largest absolute Gasteiger partial charge is 0.494 e. The third kappa shape index (κ3) is 2.50. The molecular weight excluding hydrogens is 262 g/mol. The van der Waals surface area contributed by atoms with Crippen LogP contribution in [-0.2, 0) is 6.42 Å². The highest BCUT2D eigenvalue weighted by atomic mass is 16.5. The van der Waals surface area contributed by atoms with Crippen molar-refractivity contribution in [3.63, 3.8) is 0 Å². The smallest absolute Gasteiger partial charge is 0.131 e. The number of nitrogens with zero attached hydrogens (tertiary/aromatic N) is 2. The van der Waals surface area contributed by atoms with Gasteiger partial charge < -0.3 is 15.0 Å². The lowest BCUT2D eigenvalue weighted by Crippen LogP contribution is -2.22. The number of imidazole rings is 1. The van der Waals surface area contributed by atoms with Crippen LogP contribution in [-0.4, -0.2) is 16.2 Å². The Morgan fingerprint density at radius 3 is 2.67 bits per heavy atom. The van der Waals surface area contributed by atoms with Crippen molar-refractivity contribution in [2.24, 2.45) is 5.92 Å². The second kappa shape index (κ2) is 5.43. The predicted molar refractivity (Wildman–Crippen MR) is 85.4 cm³/mol. The van der Waals surface area contributed by atoms with E-state index >= 15 is 0 Å². The third-order valence-corrected chi connectivity index (χ3v) is 4.18. The van der Waals surface area contributed by atoms with Gasteiger partial charge in [0.25, 0.3) is 0 Å². The number of hydrogen-bond donors (Lipinski definition) is 1. The van der Waals surface area contributed by atoms with Gasteiger partial charge in [-0.2, -0.15) is 0 Å². The van der Waals surface area contributed by atoms with E-state index in [1.807, 2.05) is 31.2 Å². The number of nitrogens with two attached hydrogens (primary N) is 1. The monoisotopic (exact) mass is 285 g/mol. The van der Waals surface area contributed by atoms with Gasteiger partial charge >= 0.3 is 0 Å². The summed E-state index contributed by atoms with van der Waals surface area (Å²) in [4.78, 5) is 4.79. The summed E-state index contributed by atoms with van der Waals surface area (Å²) in [5.41, 5.74) is 8.31. The third-order valence-electron chi connectivity index (χ3n) is 4.18. The van der Waals surface area contributed by atoms with Crippen LogP contribution < -0.4 is 10.5 Å². The topological polar surface area (TPSA) is 53.1 Å². The lowest BCUT2D eigenvalue weighted by atomic mass is 9.95. The second-order valence-electron chi connectivity index (χ2n) is 5.98. The molecule has 2 aromatic rings. The first-order valence-electron chi connectivity index (χ1n) is 7.70. The van der Waals surface area contributed by atoms with E-state index in [-0.39, 0.29) is 0 Å². The van der Waals surface area contributed by atoms with Gasteiger partial charge in [0.2, 0.25) is 0 Å². The Kier molecular flexibility index (Phi) is 3.62. The Balaban J connectivity index is 1.98. The van der Waals surface area contributed by atoms with Crippen molar-refractivity contribution < 1.29 is 4.74 Å². The number of anilines is 1. The standard InChI is InChI=1S/C17H23N3O/c1-4-21-14-7-5-13(6-8-14)16-17(18)20-12(3)9-11(2)10-15(20)19-16/h5-8,11-12H,4,9-10,18H2,1-3H3. The number of rotatable bonds is 3. The van der Waals surface area contributed by atoms with E-state index in [4.69, 9.17) is 15.5 Å². The normalized spacial score (nSPS) is 21.1. The van der Waals surface area contributed by atoms with E-state index in [9.17, 15) is 0 Å². The molecule has 1 aromatic carbocycles. The molecule has 0 fully saturated rings. The first kappa shape index (κ1) is 14.0. The van der Waals surface area contributed by atoms with Crippen LogP contribution in [0.3, 0.4) is 0 Å². The van der Waals surface area contributed by atoms with Gasteiger partial charge in [-0.15, -0.1) is 0 Å². The van der Waals surface area contributed by atoms with E-state index in [0.717, 1.165) is 41.5 Å². The number of benzene rings is 1. The molecule has 4 heteroatoms. The molecule has 2 heterocycles. The van der Waals surface area contributed by atoms with Crippen molar-refractivity contribution in [2.75, 3.05) is 12.3 Å². The first-order valence-corrected chi connectivity index (χ1v) is 7.70. The van der Waals surface area contributed by atoms with E-state index in [0.29, 0.717) is 18.6 Å². The summed E-state index contributed by atoms with van der Waals surface area (Å²) in [5, 5.41) is 0. The molecule has 0 radical (unpaired) electrons. The van der Waals surface area contributed by atoms with Crippen LogP contribution in [0.15, 0.2) is 24.3 Å². The minimum atomic E-state index is 0.424. The van der Waals surface area contributed by atoms with Gasteiger partial charge in [0.05, 0.1) is 6.61 Å². The molecule has 2 atom stereocenters. The number of aromatic nitrogens is 2. The molecule has 0 saturated carbocycles. The van der Waals surface area contributed by atoms with E-state index < -0.39 is 0 Å². The molecule has 0 saturated heterocycles. The molecule has 2 N–H and O–H groups in total. The summed E-state index contributed by atoms with van der Waals surface area (Å²) in [6.45, 7) is 7.16. The maximum absolute atomic E-state index is 6.36. The SMILES string of the molecule is CCOc1ccc(-c2nc3n(c2N)C(C)CC(C)C3)cc1. The van der Waals surface area contributed by atoms with Crippen molar-refractivity contribution in [3.8, 4) is 17.0 Å². The van der Waals surface area contributed by atoms with Gasteiger partial charge in [0.1, 0.15) is 23.1 Å². The summed E-state index contributed by atoms with van der Waals surface area (Å²) in [6, 6.07) is 8.44. The molecule has 0 amide bonds. The highest BCUT2D eigenvalue weighted by molar-refractivity contribution is 5.71. The number of hydrogen-bond acceptors (Lipinski definition) is 3. The highest BCUT2D eigenvalue weighted by Gasteiger charge is 2.26. The Hall–Kier alpha value is -1.97. The molecule has 112 valence electrons. The molecular formula is C17H23N3O. The molecule has 1 aliphatic rings. The number of ether oxygens (including phenoxy) is 1. The summed E-state index contributed by atoms with van der Waals surface area (Å²) in [7, 11) is 0. The van der Waals surface area contributed by atoms with E-state index in [2.05, 4.69) is 18.4 Å². The Morgan fingerprint density at radius 2 is 2.00 bits per heavy atom. The fourth-order valence-corrected chi connectivity index (χ4v) is 3.30. The number of fused-ring (bicyclic) bond motifs is 1. The minimum absolute atomic E-state index is 0.424. The van der Waals surface area contributed by atoms with Gasteiger partial charge in [-0.05, 0) is 50.5 Å². The zero-order valence-corrected chi connectivity index (χ0v) is 13.0. The molecule has 1 aliphatic heterocycles. The van der Waals surface area contributed by atoms with Crippen molar-refractivity contribution in [2.45, 2.75) is 39.7 Å². The van der Waals surface area contributed by atoms with Crippen molar-refractivity contribution >= 4 is 5.82 Å². The fourth-order valence-electron chi connectivity index (χ4n) is 3.30. The molecule has 4 nitrogen and oxygen atoms in total. The van der Waals surface area contributed by atoms with Gasteiger partial charge in [0.15, 0.2) is 0 Å². The van der Waals surface area contributed by atoms with E-state index in [1.54, 1.807) is 0 Å². The molecule has 3 rings (SSSR count). The van der Waals surface area contributed by atoms with Crippen LogP contribution in [0.4, 0.5) is 5.82 Å². The van der Waals surface area contributed by atoms with E-state index in [1.165, 1.54) is 0 Å². The van der Waals surface area contributed by atoms with Gasteiger partial charge in [-0.1, -0.05) is 6.92 Å².